The van der Waals surface area contributed by atoms with Gasteiger partial charge < -0.3 is 0 Å². The van der Waals surface area contributed by atoms with Crippen LogP contribution in [0.15, 0.2) is 21.7 Å². The lowest BCUT2D eigenvalue weighted by atomic mass is 10.3. The van der Waals surface area contributed by atoms with E-state index < -0.39 is 20.0 Å². The van der Waals surface area contributed by atoms with Gasteiger partial charge in [0.15, 0.2) is 15.4 Å². The molecule has 0 amide bonds. The molecule has 2 aromatic rings. The summed E-state index contributed by atoms with van der Waals surface area (Å²) in [4.78, 5) is 9.92. The molecule has 1 atom stereocenters. The predicted molar refractivity (Wildman–Crippen MR) is 65.8 cm³/mol. The van der Waals surface area contributed by atoms with Crippen molar-refractivity contribution in [2.45, 2.75) is 17.1 Å². The van der Waals surface area contributed by atoms with Crippen LogP contribution in [0.1, 0.15) is 6.92 Å². The van der Waals surface area contributed by atoms with Crippen molar-refractivity contribution in [3.8, 4) is 0 Å². The van der Waals surface area contributed by atoms with Crippen molar-refractivity contribution < 1.29 is 18.0 Å². The van der Waals surface area contributed by atoms with E-state index in [1.54, 1.807) is 0 Å². The zero-order valence-corrected chi connectivity index (χ0v) is 11.2. The number of benzene rings is 1. The molecule has 102 valence electrons. The number of hydrogen-bond acceptors (Lipinski definition) is 7. The van der Waals surface area contributed by atoms with E-state index in [1.807, 2.05) is 0 Å². The lowest BCUT2D eigenvalue weighted by molar-refractivity contribution is -0.383. The third kappa shape index (κ3) is 2.15. The molecule has 0 bridgehead atoms. The van der Waals surface area contributed by atoms with Crippen LogP contribution >= 0.6 is 11.6 Å². The number of non-ortho nitro benzene ring substituents is 1. The fourth-order valence-corrected chi connectivity index (χ4v) is 3.27. The molecule has 1 aromatic heterocycles. The standard InChI is InChI=1S/C9H8ClN3O5S/c1-5(4-10)19(16,17)7-3-2-6(13(14)15)8-9(7)12-18-11-8/h2-3,5H,4H2,1H3. The Balaban J connectivity index is 2.75. The van der Waals surface area contributed by atoms with Gasteiger partial charge in [-0.3, -0.25) is 10.1 Å². The minimum atomic E-state index is -3.75. The molecule has 0 radical (unpaired) electrons. The predicted octanol–water partition coefficient (Wildman–Crippen LogP) is 1.53. The summed E-state index contributed by atoms with van der Waals surface area (Å²) >= 11 is 5.55. The summed E-state index contributed by atoms with van der Waals surface area (Å²) in [7, 11) is -3.75. The van der Waals surface area contributed by atoms with Crippen LogP contribution < -0.4 is 0 Å². The topological polar surface area (TPSA) is 116 Å². The van der Waals surface area contributed by atoms with Crippen molar-refractivity contribution >= 4 is 38.2 Å². The van der Waals surface area contributed by atoms with Crippen LogP contribution in [0.4, 0.5) is 5.69 Å². The van der Waals surface area contributed by atoms with Crippen LogP contribution in [0.3, 0.4) is 0 Å². The van der Waals surface area contributed by atoms with Crippen molar-refractivity contribution in [3.05, 3.63) is 22.2 Å². The molecular weight excluding hydrogens is 298 g/mol. The number of alkyl halides is 1. The van der Waals surface area contributed by atoms with Gasteiger partial charge in [-0.25, -0.2) is 13.0 Å². The number of nitrogens with zero attached hydrogens (tertiary/aromatic N) is 3. The molecule has 8 nitrogen and oxygen atoms in total. The molecule has 1 aromatic carbocycles. The van der Waals surface area contributed by atoms with Gasteiger partial charge in [0.2, 0.25) is 5.52 Å². The molecular formula is C9H8ClN3O5S. The molecule has 19 heavy (non-hydrogen) atoms. The Labute approximate surface area is 112 Å². The summed E-state index contributed by atoms with van der Waals surface area (Å²) < 4.78 is 28.8. The molecule has 10 heteroatoms. The third-order valence-electron chi connectivity index (χ3n) is 2.61. The van der Waals surface area contributed by atoms with E-state index in [4.69, 9.17) is 11.6 Å². The van der Waals surface area contributed by atoms with Crippen molar-refractivity contribution in [1.29, 1.82) is 0 Å². The first kappa shape index (κ1) is 13.7. The van der Waals surface area contributed by atoms with Crippen molar-refractivity contribution in [1.82, 2.24) is 10.3 Å². The number of rotatable bonds is 4. The highest BCUT2D eigenvalue weighted by atomic mass is 35.5. The quantitative estimate of drug-likeness (QED) is 0.477. The highest BCUT2D eigenvalue weighted by Gasteiger charge is 2.29. The van der Waals surface area contributed by atoms with Gasteiger partial charge in [-0.1, -0.05) is 0 Å². The van der Waals surface area contributed by atoms with Gasteiger partial charge in [-0.2, -0.15) is 0 Å². The Morgan fingerprint density at radius 2 is 2.05 bits per heavy atom. The first-order valence-corrected chi connectivity index (χ1v) is 7.17. The van der Waals surface area contributed by atoms with Crippen LogP contribution in [0.25, 0.3) is 11.0 Å². The molecule has 0 aliphatic carbocycles. The number of nitro benzene ring substituents is 1. The lowest BCUT2D eigenvalue weighted by Crippen LogP contribution is -2.19. The number of halogens is 1. The highest BCUT2D eigenvalue weighted by Crippen LogP contribution is 2.30. The second-order valence-corrected chi connectivity index (χ2v) is 6.45. The van der Waals surface area contributed by atoms with Gasteiger partial charge in [0.25, 0.3) is 0 Å². The number of sulfone groups is 1. The Hall–Kier alpha value is -1.74. The van der Waals surface area contributed by atoms with E-state index in [2.05, 4.69) is 14.9 Å². The molecule has 0 N–H and O–H groups in total. The third-order valence-corrected chi connectivity index (χ3v) is 5.42. The van der Waals surface area contributed by atoms with E-state index in [0.29, 0.717) is 0 Å². The fourth-order valence-electron chi connectivity index (χ4n) is 1.51. The number of fused-ring (bicyclic) bond motifs is 1. The molecule has 0 aliphatic heterocycles. The van der Waals surface area contributed by atoms with E-state index >= 15 is 0 Å². The molecule has 1 unspecified atom stereocenters. The van der Waals surface area contributed by atoms with Crippen molar-refractivity contribution in [2.75, 3.05) is 5.88 Å². The molecule has 0 saturated heterocycles. The molecule has 2 rings (SSSR count). The van der Waals surface area contributed by atoms with E-state index in [-0.39, 0.29) is 27.5 Å². The number of hydrogen-bond donors (Lipinski definition) is 0. The lowest BCUT2D eigenvalue weighted by Gasteiger charge is -2.09. The fraction of sp³-hybridized carbons (Fsp3) is 0.333. The molecule has 1 heterocycles. The average Bonchev–Trinajstić information content (AvgIpc) is 2.84. The van der Waals surface area contributed by atoms with Gasteiger partial charge in [0.05, 0.1) is 15.1 Å². The Bertz CT molecular complexity index is 741. The Kier molecular flexibility index (Phi) is 3.42. The van der Waals surface area contributed by atoms with Crippen LogP contribution in [0.5, 0.6) is 0 Å². The molecule has 0 spiro atoms. The number of nitro groups is 1. The zero-order chi connectivity index (χ0) is 14.2. The molecule has 0 aliphatic rings. The Morgan fingerprint density at radius 1 is 1.42 bits per heavy atom. The Morgan fingerprint density at radius 3 is 2.63 bits per heavy atom. The maximum atomic E-state index is 12.2. The second kappa shape index (κ2) is 4.74. The van der Waals surface area contributed by atoms with Crippen LogP contribution in [0, 0.1) is 10.1 Å². The minimum absolute atomic E-state index is 0.105. The molecule has 0 saturated carbocycles. The zero-order valence-electron chi connectivity index (χ0n) is 9.61. The van der Waals surface area contributed by atoms with Gasteiger partial charge in [-0.15, -0.1) is 11.6 Å². The van der Waals surface area contributed by atoms with E-state index in [0.717, 1.165) is 12.1 Å². The normalized spacial score (nSPS) is 13.6. The largest absolute Gasteiger partial charge is 0.300 e. The second-order valence-electron chi connectivity index (χ2n) is 3.81. The monoisotopic (exact) mass is 305 g/mol. The minimum Gasteiger partial charge on any atom is -0.258 e. The summed E-state index contributed by atoms with van der Waals surface area (Å²) in [6.07, 6.45) is 0. The van der Waals surface area contributed by atoms with Gasteiger partial charge in [0.1, 0.15) is 0 Å². The van der Waals surface area contributed by atoms with Crippen LogP contribution in [-0.4, -0.2) is 34.8 Å². The maximum Gasteiger partial charge on any atom is 0.300 e. The maximum absolute atomic E-state index is 12.2. The first-order valence-electron chi connectivity index (χ1n) is 5.09. The van der Waals surface area contributed by atoms with Gasteiger partial charge >= 0.3 is 5.69 Å². The summed E-state index contributed by atoms with van der Waals surface area (Å²) in [6.45, 7) is 1.43. The van der Waals surface area contributed by atoms with Crippen LogP contribution in [0.2, 0.25) is 0 Å². The first-order chi connectivity index (χ1) is 8.89. The highest BCUT2D eigenvalue weighted by molar-refractivity contribution is 7.92. The summed E-state index contributed by atoms with van der Waals surface area (Å²) in [5.41, 5.74) is -0.729. The SMILES string of the molecule is CC(CCl)S(=O)(=O)c1ccc([N+](=O)[O-])c2nonc12. The van der Waals surface area contributed by atoms with Crippen molar-refractivity contribution in [3.63, 3.8) is 0 Å². The van der Waals surface area contributed by atoms with E-state index in [9.17, 15) is 18.5 Å². The summed E-state index contributed by atoms with van der Waals surface area (Å²) in [5.74, 6) is -0.105. The number of aromatic nitrogens is 2. The van der Waals surface area contributed by atoms with Crippen molar-refractivity contribution in [2.24, 2.45) is 0 Å². The van der Waals surface area contributed by atoms with Crippen LogP contribution in [-0.2, 0) is 9.84 Å². The molecule has 0 fully saturated rings. The van der Waals surface area contributed by atoms with Gasteiger partial charge in [0, 0.05) is 11.9 Å². The summed E-state index contributed by atoms with van der Waals surface area (Å²) in [5, 5.41) is 16.7. The smallest absolute Gasteiger partial charge is 0.258 e. The van der Waals surface area contributed by atoms with Gasteiger partial charge in [-0.05, 0) is 23.3 Å². The average molecular weight is 306 g/mol. The van der Waals surface area contributed by atoms with E-state index in [1.165, 1.54) is 6.92 Å². The summed E-state index contributed by atoms with van der Waals surface area (Å²) in [6, 6.07) is 2.17.